The molecular formula is C7H16ClNO2. The summed E-state index contributed by atoms with van der Waals surface area (Å²) in [5.41, 5.74) is 0. The Morgan fingerprint density at radius 3 is 2.64 bits per heavy atom. The maximum Gasteiger partial charge on any atom is 0.0602 e. The highest BCUT2D eigenvalue weighted by Crippen LogP contribution is 1.83. The molecule has 0 radical (unpaired) electrons. The van der Waals surface area contributed by atoms with Gasteiger partial charge in [-0.2, -0.15) is 0 Å². The molecule has 0 aliphatic heterocycles. The highest BCUT2D eigenvalue weighted by Gasteiger charge is 1.95. The number of nitrogens with zero attached hydrogens (tertiary/aromatic N) is 1. The Hall–Kier alpha value is 0.170. The van der Waals surface area contributed by atoms with E-state index in [1.165, 1.54) is 0 Å². The van der Waals surface area contributed by atoms with Crippen LogP contribution >= 0.6 is 11.6 Å². The van der Waals surface area contributed by atoms with Crippen LogP contribution in [-0.2, 0) is 4.74 Å². The van der Waals surface area contributed by atoms with E-state index in [4.69, 9.17) is 21.4 Å². The fourth-order valence-electron chi connectivity index (χ4n) is 0.660. The van der Waals surface area contributed by atoms with Crippen LogP contribution in [0.15, 0.2) is 0 Å². The Balaban J connectivity index is 2.97. The molecule has 0 aliphatic carbocycles. The monoisotopic (exact) mass is 181 g/mol. The van der Waals surface area contributed by atoms with Gasteiger partial charge in [-0.25, -0.2) is 0 Å². The fraction of sp³-hybridized carbons (Fsp3) is 1.00. The highest BCUT2D eigenvalue weighted by molar-refractivity contribution is 6.17. The predicted octanol–water partition coefficient (Wildman–Crippen LogP) is 0.166. The number of halogens is 1. The van der Waals surface area contributed by atoms with Crippen molar-refractivity contribution in [1.82, 2.24) is 4.90 Å². The number of rotatable bonds is 7. The third kappa shape index (κ3) is 8.07. The van der Waals surface area contributed by atoms with Gasteiger partial charge in [-0.3, -0.25) is 0 Å². The van der Waals surface area contributed by atoms with E-state index in [1.807, 2.05) is 11.9 Å². The fourth-order valence-corrected chi connectivity index (χ4v) is 0.769. The number of hydrogen-bond donors (Lipinski definition) is 1. The van der Waals surface area contributed by atoms with E-state index in [-0.39, 0.29) is 6.61 Å². The van der Waals surface area contributed by atoms with Crippen molar-refractivity contribution >= 4 is 11.6 Å². The molecule has 0 saturated heterocycles. The van der Waals surface area contributed by atoms with Gasteiger partial charge in [-0.05, 0) is 7.05 Å². The van der Waals surface area contributed by atoms with Crippen molar-refractivity contribution in [2.24, 2.45) is 0 Å². The molecule has 0 amide bonds. The minimum absolute atomic E-state index is 0.200. The van der Waals surface area contributed by atoms with Gasteiger partial charge in [0, 0.05) is 19.0 Å². The summed E-state index contributed by atoms with van der Waals surface area (Å²) in [6.07, 6.45) is 0. The maximum absolute atomic E-state index is 8.54. The Bertz CT molecular complexity index is 82.8. The van der Waals surface area contributed by atoms with Crippen molar-refractivity contribution in [3.05, 3.63) is 0 Å². The van der Waals surface area contributed by atoms with Crippen molar-refractivity contribution in [2.75, 3.05) is 45.8 Å². The van der Waals surface area contributed by atoms with E-state index < -0.39 is 0 Å². The second-order valence-electron chi connectivity index (χ2n) is 2.33. The quantitative estimate of drug-likeness (QED) is 0.449. The van der Waals surface area contributed by atoms with Gasteiger partial charge in [-0.1, -0.05) is 0 Å². The lowest BCUT2D eigenvalue weighted by molar-refractivity contribution is 0.116. The summed E-state index contributed by atoms with van der Waals surface area (Å²) >= 11 is 5.40. The first kappa shape index (κ1) is 11.2. The van der Waals surface area contributed by atoms with Gasteiger partial charge in [0.15, 0.2) is 0 Å². The van der Waals surface area contributed by atoms with Gasteiger partial charge in [0.25, 0.3) is 0 Å². The SMILES string of the molecule is CN(CCO)CCOCCCl. The van der Waals surface area contributed by atoms with Crippen molar-refractivity contribution in [3.8, 4) is 0 Å². The van der Waals surface area contributed by atoms with E-state index in [1.54, 1.807) is 0 Å². The van der Waals surface area contributed by atoms with Crippen molar-refractivity contribution in [1.29, 1.82) is 0 Å². The van der Waals surface area contributed by atoms with Gasteiger partial charge in [0.05, 0.1) is 19.8 Å². The lowest BCUT2D eigenvalue weighted by Crippen LogP contribution is -2.26. The van der Waals surface area contributed by atoms with Crippen molar-refractivity contribution < 1.29 is 9.84 Å². The number of aliphatic hydroxyl groups is 1. The number of hydrogen-bond acceptors (Lipinski definition) is 3. The molecule has 0 rings (SSSR count). The number of alkyl halides is 1. The number of aliphatic hydroxyl groups excluding tert-OH is 1. The smallest absolute Gasteiger partial charge is 0.0602 e. The Morgan fingerprint density at radius 2 is 2.09 bits per heavy atom. The topological polar surface area (TPSA) is 32.7 Å². The van der Waals surface area contributed by atoms with Gasteiger partial charge < -0.3 is 14.7 Å². The van der Waals surface area contributed by atoms with Crippen LogP contribution in [0.1, 0.15) is 0 Å². The second-order valence-corrected chi connectivity index (χ2v) is 2.71. The highest BCUT2D eigenvalue weighted by atomic mass is 35.5. The zero-order chi connectivity index (χ0) is 8.53. The molecular weight excluding hydrogens is 166 g/mol. The molecule has 68 valence electrons. The summed E-state index contributed by atoms with van der Waals surface area (Å²) in [5, 5.41) is 8.54. The van der Waals surface area contributed by atoms with E-state index in [0.29, 0.717) is 25.6 Å². The first-order valence-corrected chi connectivity index (χ1v) is 4.28. The standard InChI is InChI=1S/C7H16ClNO2/c1-9(3-5-10)4-7-11-6-2-8/h10H,2-7H2,1H3. The van der Waals surface area contributed by atoms with Gasteiger partial charge >= 0.3 is 0 Å². The summed E-state index contributed by atoms with van der Waals surface area (Å²) in [4.78, 5) is 2.01. The molecule has 11 heavy (non-hydrogen) atoms. The van der Waals surface area contributed by atoms with E-state index in [0.717, 1.165) is 6.54 Å². The average Bonchev–Trinajstić information content (AvgIpc) is 1.99. The number of likely N-dealkylation sites (N-methyl/N-ethyl adjacent to an activating group) is 1. The molecule has 0 spiro atoms. The molecule has 0 bridgehead atoms. The van der Waals surface area contributed by atoms with E-state index in [9.17, 15) is 0 Å². The van der Waals surface area contributed by atoms with Crippen LogP contribution in [0, 0.1) is 0 Å². The molecule has 1 N–H and O–H groups in total. The van der Waals surface area contributed by atoms with Crippen LogP contribution in [0.5, 0.6) is 0 Å². The van der Waals surface area contributed by atoms with E-state index in [2.05, 4.69) is 0 Å². The first-order valence-electron chi connectivity index (χ1n) is 3.74. The zero-order valence-electron chi connectivity index (χ0n) is 6.92. The van der Waals surface area contributed by atoms with E-state index >= 15 is 0 Å². The van der Waals surface area contributed by atoms with Crippen molar-refractivity contribution in [3.63, 3.8) is 0 Å². The molecule has 0 aromatic carbocycles. The first-order chi connectivity index (χ1) is 5.31. The molecule has 0 unspecified atom stereocenters. The molecule has 0 aliphatic rings. The molecule has 0 fully saturated rings. The summed E-state index contributed by atoms with van der Waals surface area (Å²) in [5.74, 6) is 0.545. The molecule has 0 aromatic rings. The predicted molar refractivity (Wildman–Crippen MR) is 46.1 cm³/mol. The molecule has 0 heterocycles. The largest absolute Gasteiger partial charge is 0.395 e. The molecule has 0 saturated carbocycles. The third-order valence-corrected chi connectivity index (χ3v) is 1.47. The van der Waals surface area contributed by atoms with Gasteiger partial charge in [0.2, 0.25) is 0 Å². The Morgan fingerprint density at radius 1 is 1.36 bits per heavy atom. The van der Waals surface area contributed by atoms with Crippen LogP contribution in [-0.4, -0.2) is 55.8 Å². The van der Waals surface area contributed by atoms with Gasteiger partial charge in [-0.15, -0.1) is 11.6 Å². The minimum Gasteiger partial charge on any atom is -0.395 e. The summed E-state index contributed by atoms with van der Waals surface area (Å²) < 4.78 is 5.14. The Kier molecular flexibility index (Phi) is 8.40. The second kappa shape index (κ2) is 8.27. The van der Waals surface area contributed by atoms with Crippen LogP contribution < -0.4 is 0 Å². The lowest BCUT2D eigenvalue weighted by atomic mass is 10.5. The summed E-state index contributed by atoms with van der Waals surface area (Å²) in [7, 11) is 1.94. The zero-order valence-corrected chi connectivity index (χ0v) is 7.68. The summed E-state index contributed by atoms with van der Waals surface area (Å²) in [6, 6.07) is 0. The summed E-state index contributed by atoms with van der Waals surface area (Å²) in [6.45, 7) is 3.03. The third-order valence-electron chi connectivity index (χ3n) is 1.32. The molecule has 3 nitrogen and oxygen atoms in total. The molecule has 4 heteroatoms. The van der Waals surface area contributed by atoms with Crippen LogP contribution in [0.2, 0.25) is 0 Å². The maximum atomic E-state index is 8.54. The molecule has 0 aromatic heterocycles. The average molecular weight is 182 g/mol. The van der Waals surface area contributed by atoms with Crippen LogP contribution in [0.4, 0.5) is 0 Å². The van der Waals surface area contributed by atoms with Crippen molar-refractivity contribution in [2.45, 2.75) is 0 Å². The minimum atomic E-state index is 0.200. The lowest BCUT2D eigenvalue weighted by Gasteiger charge is -2.14. The van der Waals surface area contributed by atoms with Gasteiger partial charge in [0.1, 0.15) is 0 Å². The normalized spacial score (nSPS) is 10.9. The Labute approximate surface area is 72.9 Å². The number of ether oxygens (including phenoxy) is 1. The van der Waals surface area contributed by atoms with Crippen LogP contribution in [0.3, 0.4) is 0 Å². The molecule has 0 atom stereocenters. The van der Waals surface area contributed by atoms with Crippen LogP contribution in [0.25, 0.3) is 0 Å².